The SMILES string of the molecule is COc1c(Cl)cc(C(=O)N(Cc2ccc(N(C)C)cc2)C[C@@H]2CCCO2)cc1Cl. The lowest BCUT2D eigenvalue weighted by molar-refractivity contribution is 0.0507. The van der Waals surface area contributed by atoms with Crippen LogP contribution in [0.4, 0.5) is 5.69 Å². The number of halogens is 2. The van der Waals surface area contributed by atoms with Gasteiger partial charge in [0.25, 0.3) is 5.91 Å². The fourth-order valence-electron chi connectivity index (χ4n) is 3.43. The average molecular weight is 437 g/mol. The number of carbonyl (C=O) groups is 1. The minimum atomic E-state index is -0.136. The number of hydrogen-bond acceptors (Lipinski definition) is 4. The number of anilines is 1. The Morgan fingerprint density at radius 1 is 1.17 bits per heavy atom. The summed E-state index contributed by atoms with van der Waals surface area (Å²) in [5.74, 6) is 0.235. The number of methoxy groups -OCH3 is 1. The molecule has 1 aliphatic heterocycles. The third-order valence-electron chi connectivity index (χ3n) is 5.01. The van der Waals surface area contributed by atoms with Crippen LogP contribution in [0.2, 0.25) is 10.0 Å². The third kappa shape index (κ3) is 5.35. The zero-order valence-corrected chi connectivity index (χ0v) is 18.5. The van der Waals surface area contributed by atoms with Gasteiger partial charge in [0.2, 0.25) is 0 Å². The predicted octanol–water partition coefficient (Wildman–Crippen LogP) is 4.89. The van der Waals surface area contributed by atoms with Crippen LogP contribution in [0, 0.1) is 0 Å². The highest BCUT2D eigenvalue weighted by Gasteiger charge is 2.25. The Bertz CT molecular complexity index is 827. The van der Waals surface area contributed by atoms with Gasteiger partial charge in [-0.2, -0.15) is 0 Å². The zero-order chi connectivity index (χ0) is 21.0. The van der Waals surface area contributed by atoms with Gasteiger partial charge in [-0.1, -0.05) is 35.3 Å². The molecule has 1 amide bonds. The van der Waals surface area contributed by atoms with E-state index in [2.05, 4.69) is 0 Å². The van der Waals surface area contributed by atoms with Gasteiger partial charge in [-0.3, -0.25) is 4.79 Å². The fourth-order valence-corrected chi connectivity index (χ4v) is 4.08. The standard InChI is InChI=1S/C22H26Cl2N2O3/c1-25(2)17-8-6-15(7-9-17)13-26(14-18-5-4-10-29-18)22(27)16-11-19(23)21(28-3)20(24)12-16/h6-9,11-12,18H,4-5,10,13-14H2,1-3H3/t18-/m0/s1. The Kier molecular flexibility index (Phi) is 7.28. The lowest BCUT2D eigenvalue weighted by Crippen LogP contribution is -2.37. The van der Waals surface area contributed by atoms with Gasteiger partial charge in [0, 0.05) is 45.0 Å². The quantitative estimate of drug-likeness (QED) is 0.619. The molecular weight excluding hydrogens is 411 g/mol. The molecule has 0 bridgehead atoms. The summed E-state index contributed by atoms with van der Waals surface area (Å²) in [7, 11) is 5.49. The van der Waals surface area contributed by atoms with Gasteiger partial charge in [0.1, 0.15) is 0 Å². The molecule has 1 fully saturated rings. The Hall–Kier alpha value is -1.95. The third-order valence-corrected chi connectivity index (χ3v) is 5.57. The fraction of sp³-hybridized carbons (Fsp3) is 0.409. The van der Waals surface area contributed by atoms with E-state index in [9.17, 15) is 4.79 Å². The maximum Gasteiger partial charge on any atom is 0.254 e. The van der Waals surface area contributed by atoms with Crippen LogP contribution in [0.5, 0.6) is 5.75 Å². The van der Waals surface area contributed by atoms with Crippen molar-refractivity contribution in [3.05, 3.63) is 57.6 Å². The first-order chi connectivity index (χ1) is 13.9. The molecule has 0 unspecified atom stereocenters. The molecule has 3 rings (SSSR count). The number of benzene rings is 2. The first-order valence-electron chi connectivity index (χ1n) is 9.59. The molecule has 1 saturated heterocycles. The van der Waals surface area contributed by atoms with Crippen LogP contribution >= 0.6 is 23.2 Å². The topological polar surface area (TPSA) is 42.0 Å². The first kappa shape index (κ1) is 21.8. The highest BCUT2D eigenvalue weighted by Crippen LogP contribution is 2.34. The minimum Gasteiger partial charge on any atom is -0.494 e. The van der Waals surface area contributed by atoms with Crippen molar-refractivity contribution >= 4 is 34.8 Å². The number of rotatable bonds is 7. The number of hydrogen-bond donors (Lipinski definition) is 0. The summed E-state index contributed by atoms with van der Waals surface area (Å²) >= 11 is 12.5. The summed E-state index contributed by atoms with van der Waals surface area (Å²) in [5.41, 5.74) is 2.59. The Labute approximate surface area is 182 Å². The van der Waals surface area contributed by atoms with Crippen molar-refractivity contribution in [2.24, 2.45) is 0 Å². The van der Waals surface area contributed by atoms with E-state index in [1.54, 1.807) is 17.0 Å². The van der Waals surface area contributed by atoms with Crippen molar-refractivity contribution in [2.75, 3.05) is 39.3 Å². The Morgan fingerprint density at radius 3 is 2.34 bits per heavy atom. The molecule has 29 heavy (non-hydrogen) atoms. The molecule has 0 aromatic heterocycles. The molecule has 156 valence electrons. The average Bonchev–Trinajstić information content (AvgIpc) is 3.20. The number of amides is 1. The second kappa shape index (κ2) is 9.70. The van der Waals surface area contributed by atoms with Crippen molar-refractivity contribution in [1.29, 1.82) is 0 Å². The maximum atomic E-state index is 13.3. The molecule has 1 atom stereocenters. The van der Waals surface area contributed by atoms with Gasteiger partial charge in [0.15, 0.2) is 5.75 Å². The first-order valence-corrected chi connectivity index (χ1v) is 10.3. The van der Waals surface area contributed by atoms with E-state index in [0.717, 1.165) is 30.7 Å². The second-order valence-corrected chi connectivity index (χ2v) is 8.17. The summed E-state index contributed by atoms with van der Waals surface area (Å²) in [6.07, 6.45) is 2.02. The van der Waals surface area contributed by atoms with Crippen LogP contribution < -0.4 is 9.64 Å². The largest absolute Gasteiger partial charge is 0.494 e. The number of carbonyl (C=O) groups excluding carboxylic acids is 1. The molecule has 0 spiro atoms. The normalized spacial score (nSPS) is 16.0. The van der Waals surface area contributed by atoms with Crippen LogP contribution in [0.1, 0.15) is 28.8 Å². The van der Waals surface area contributed by atoms with Crippen LogP contribution in [0.15, 0.2) is 36.4 Å². The van der Waals surface area contributed by atoms with E-state index in [1.807, 2.05) is 43.3 Å². The summed E-state index contributed by atoms with van der Waals surface area (Å²) < 4.78 is 11.0. The van der Waals surface area contributed by atoms with Gasteiger partial charge in [-0.15, -0.1) is 0 Å². The molecule has 0 aliphatic carbocycles. The van der Waals surface area contributed by atoms with Crippen LogP contribution in [-0.4, -0.2) is 51.3 Å². The molecule has 0 saturated carbocycles. The molecular formula is C22H26Cl2N2O3. The van der Waals surface area contributed by atoms with Gasteiger partial charge in [0.05, 0.1) is 23.3 Å². The van der Waals surface area contributed by atoms with Crippen LogP contribution in [0.25, 0.3) is 0 Å². The lowest BCUT2D eigenvalue weighted by Gasteiger charge is -2.26. The van der Waals surface area contributed by atoms with E-state index >= 15 is 0 Å². The predicted molar refractivity (Wildman–Crippen MR) is 117 cm³/mol. The molecule has 7 heteroatoms. The Morgan fingerprint density at radius 2 is 1.83 bits per heavy atom. The highest BCUT2D eigenvalue weighted by molar-refractivity contribution is 6.37. The molecule has 2 aromatic rings. The zero-order valence-electron chi connectivity index (χ0n) is 17.0. The van der Waals surface area contributed by atoms with Crippen molar-refractivity contribution in [3.63, 3.8) is 0 Å². The maximum absolute atomic E-state index is 13.3. The van der Waals surface area contributed by atoms with Gasteiger partial charge in [-0.05, 0) is 42.7 Å². The van der Waals surface area contributed by atoms with Crippen molar-refractivity contribution < 1.29 is 14.3 Å². The van der Waals surface area contributed by atoms with E-state index in [1.165, 1.54) is 7.11 Å². The smallest absolute Gasteiger partial charge is 0.254 e. The molecule has 1 aliphatic rings. The highest BCUT2D eigenvalue weighted by atomic mass is 35.5. The summed E-state index contributed by atoms with van der Waals surface area (Å²) in [5, 5.41) is 0.631. The van der Waals surface area contributed by atoms with E-state index < -0.39 is 0 Å². The molecule has 0 N–H and O–H groups in total. The monoisotopic (exact) mass is 436 g/mol. The molecule has 2 aromatic carbocycles. The van der Waals surface area contributed by atoms with Crippen LogP contribution in [0.3, 0.4) is 0 Å². The summed E-state index contributed by atoms with van der Waals surface area (Å²) in [6.45, 7) is 1.74. The number of nitrogens with zero attached hydrogens (tertiary/aromatic N) is 2. The van der Waals surface area contributed by atoms with Crippen LogP contribution in [-0.2, 0) is 11.3 Å². The second-order valence-electron chi connectivity index (χ2n) is 7.35. The Balaban J connectivity index is 1.85. The van der Waals surface area contributed by atoms with Crippen molar-refractivity contribution in [3.8, 4) is 5.75 Å². The molecule has 0 radical (unpaired) electrons. The van der Waals surface area contributed by atoms with E-state index in [4.69, 9.17) is 32.7 Å². The van der Waals surface area contributed by atoms with Gasteiger partial charge in [-0.25, -0.2) is 0 Å². The molecule has 5 nitrogen and oxygen atoms in total. The minimum absolute atomic E-state index is 0.0455. The van der Waals surface area contributed by atoms with E-state index in [-0.39, 0.29) is 12.0 Å². The van der Waals surface area contributed by atoms with Gasteiger partial charge < -0.3 is 19.3 Å². The number of ether oxygens (including phenoxy) is 2. The molecule has 1 heterocycles. The lowest BCUT2D eigenvalue weighted by atomic mass is 10.1. The summed E-state index contributed by atoms with van der Waals surface area (Å²) in [6, 6.07) is 11.4. The summed E-state index contributed by atoms with van der Waals surface area (Å²) in [4.78, 5) is 17.2. The van der Waals surface area contributed by atoms with Gasteiger partial charge >= 0.3 is 0 Å². The van der Waals surface area contributed by atoms with Crippen molar-refractivity contribution in [1.82, 2.24) is 4.90 Å². The van der Waals surface area contributed by atoms with E-state index in [0.29, 0.717) is 34.4 Å². The van der Waals surface area contributed by atoms with Crippen molar-refractivity contribution in [2.45, 2.75) is 25.5 Å².